The summed E-state index contributed by atoms with van der Waals surface area (Å²) >= 11 is 0. The highest BCUT2D eigenvalue weighted by Crippen LogP contribution is 2.28. The van der Waals surface area contributed by atoms with Gasteiger partial charge in [0.05, 0.1) is 12.5 Å². The molecule has 0 radical (unpaired) electrons. The number of aliphatic hydroxyl groups is 1. The number of benzene rings is 1. The van der Waals surface area contributed by atoms with E-state index >= 15 is 9.59 Å². The second-order valence-electron chi connectivity index (χ2n) is 27.1. The number of nitrogens with two attached hydrogens (primary N) is 1. The molecule has 30 nitrogen and oxygen atoms in total. The van der Waals surface area contributed by atoms with Gasteiger partial charge < -0.3 is 83.8 Å². The maximum Gasteiger partial charge on any atom is 0.326 e. The van der Waals surface area contributed by atoms with Crippen molar-refractivity contribution in [2.24, 2.45) is 35.3 Å². The quantitative estimate of drug-likeness (QED) is 0.0592. The summed E-state index contributed by atoms with van der Waals surface area (Å²) in [5, 5.41) is 47.7. The third kappa shape index (κ3) is 21.4. The number of carboxylic acid groups (broad SMARTS) is 1. The standard InChI is InChI=1S/C68H106N14O16/c1-13-36(8)52-62(91)78-54(38(10)15-3)64(93)75-46(30-41-23-19-18-20-24-41)65(94)81-28-22-26-49(81)67(96)82-34-42(83)31-50(82)61(90)72-43(17-5)57(86)73-44(29-35(6)7)59(88)76-47(33-70-52)66(95)80-27-21-25-48(80)60(89)77-53(37(9)14-2)63(92)74-45(32-51(69)84)58(87)71-40(12)56(85)79-55(68(97)98)39(11)16-4/h18-20,23-24,33,35-40,42-46,48-50,52-55,70,83H,13-17,21-22,25-32,34H2,1-12H3,(H2,69,84)(H,71,87)(H,72,90)(H,73,86)(H,74,92)(H,75,93)(H,76,88)(H,77,89)(H,78,91)(H,79,85)(H,97,98)/b47-33+/t36-,37+,38-,39+,40+,42-,43+,44+,45+,46+,48+,49+,50+,52+,53+,54+,55+/m1/s1. The lowest BCUT2D eigenvalue weighted by atomic mass is 9.94. The molecule has 0 saturated carbocycles. The molecule has 14 N–H and O–H groups in total. The van der Waals surface area contributed by atoms with Crippen molar-refractivity contribution in [3.05, 3.63) is 47.8 Å². The molecule has 13 amide bonds. The van der Waals surface area contributed by atoms with E-state index in [1.165, 1.54) is 16.7 Å². The van der Waals surface area contributed by atoms with Gasteiger partial charge in [-0.25, -0.2) is 4.79 Å². The zero-order valence-corrected chi connectivity index (χ0v) is 58.7. The number of hydrogen-bond acceptors (Lipinski definition) is 16. The number of nitrogens with one attached hydrogen (secondary N) is 10. The monoisotopic (exact) mass is 1370 g/mol. The zero-order valence-electron chi connectivity index (χ0n) is 58.7. The number of fused-ring (bicyclic) bond motifs is 2. The van der Waals surface area contributed by atoms with Crippen LogP contribution in [0.25, 0.3) is 0 Å². The Hall–Kier alpha value is -8.70. The van der Waals surface area contributed by atoms with E-state index in [1.807, 2.05) is 6.92 Å². The van der Waals surface area contributed by atoms with Crippen LogP contribution in [0.5, 0.6) is 0 Å². The molecular formula is C68H106N14O16. The van der Waals surface area contributed by atoms with Crippen molar-refractivity contribution in [2.45, 2.75) is 245 Å². The molecule has 0 aliphatic carbocycles. The van der Waals surface area contributed by atoms with E-state index in [1.54, 1.807) is 99.6 Å². The van der Waals surface area contributed by atoms with Crippen molar-refractivity contribution in [2.75, 3.05) is 19.6 Å². The molecule has 3 fully saturated rings. The molecule has 4 aliphatic heterocycles. The van der Waals surface area contributed by atoms with Gasteiger partial charge in [-0.05, 0) is 80.6 Å². The number of primary amides is 1. The summed E-state index contributed by atoms with van der Waals surface area (Å²) in [4.78, 5) is 203. The first-order valence-corrected chi connectivity index (χ1v) is 34.7. The number of nitrogens with zero attached hydrogens (tertiary/aromatic N) is 3. The fourth-order valence-electron chi connectivity index (χ4n) is 12.5. The summed E-state index contributed by atoms with van der Waals surface area (Å²) in [5.41, 5.74) is 5.69. The molecule has 98 heavy (non-hydrogen) atoms. The van der Waals surface area contributed by atoms with Crippen molar-refractivity contribution in [3.8, 4) is 0 Å². The number of hydrogen-bond donors (Lipinski definition) is 13. The van der Waals surface area contributed by atoms with Crippen molar-refractivity contribution < 1.29 is 77.3 Å². The molecule has 4 heterocycles. The second-order valence-corrected chi connectivity index (χ2v) is 27.1. The van der Waals surface area contributed by atoms with Gasteiger partial charge in [-0.1, -0.05) is 132 Å². The van der Waals surface area contributed by atoms with Gasteiger partial charge in [0, 0.05) is 38.7 Å². The van der Waals surface area contributed by atoms with Crippen LogP contribution in [0.15, 0.2) is 42.2 Å². The highest BCUT2D eigenvalue weighted by molar-refractivity contribution is 6.03. The number of likely N-dealkylation sites (tertiary alicyclic amines) is 1. The third-order valence-corrected chi connectivity index (χ3v) is 19.3. The van der Waals surface area contributed by atoms with E-state index in [-0.39, 0.29) is 76.9 Å². The van der Waals surface area contributed by atoms with Crippen molar-refractivity contribution in [1.29, 1.82) is 0 Å². The molecule has 5 rings (SSSR count). The van der Waals surface area contributed by atoms with Crippen LogP contribution in [0.4, 0.5) is 0 Å². The van der Waals surface area contributed by atoms with Gasteiger partial charge in [-0.2, -0.15) is 0 Å². The van der Waals surface area contributed by atoms with Gasteiger partial charge >= 0.3 is 5.97 Å². The number of carbonyl (C=O) groups is 14. The second kappa shape index (κ2) is 37.3. The molecule has 17 atom stereocenters. The van der Waals surface area contributed by atoms with E-state index in [0.29, 0.717) is 31.2 Å². The average Bonchev–Trinajstić information content (AvgIpc) is 1.62. The van der Waals surface area contributed by atoms with Crippen LogP contribution in [0, 0.1) is 29.6 Å². The Labute approximate surface area is 573 Å². The first-order chi connectivity index (χ1) is 46.3. The van der Waals surface area contributed by atoms with Crippen molar-refractivity contribution >= 4 is 82.8 Å². The molecule has 0 aromatic heterocycles. The molecule has 30 heteroatoms. The largest absolute Gasteiger partial charge is 0.480 e. The van der Waals surface area contributed by atoms with Crippen LogP contribution in [0.2, 0.25) is 0 Å². The Morgan fingerprint density at radius 2 is 1.21 bits per heavy atom. The van der Waals surface area contributed by atoms with E-state index in [9.17, 15) is 67.7 Å². The SMILES string of the molecule is CC[C@@H]1NC(=O)[C@@H]2C[C@@H](O)CN2C(=O)[C@@H]2CCCN2C(=O)[C@H](Cc2ccccc2)NC(=O)[C@H]([C@H](C)CC)NC(=O)[C@H]([C@H](C)CC)N/C=C(\C(=O)N2CCC[C@H]2C(=O)N[C@H](C(=O)N[C@@H](CC(N)=O)C(=O)N[C@@H](C)C(=O)N[C@H](C(=O)O)[C@@H](C)CC)[C@@H](C)CC)NC(=O)[C@H](CC(C)C)NC1=O. The number of carbonyl (C=O) groups excluding carboxylic acids is 13. The van der Waals surface area contributed by atoms with Crippen molar-refractivity contribution in [3.63, 3.8) is 0 Å². The molecule has 0 unspecified atom stereocenters. The normalized spacial score (nSPS) is 26.2. The Morgan fingerprint density at radius 3 is 1.82 bits per heavy atom. The Balaban J connectivity index is 1.56. The highest BCUT2D eigenvalue weighted by atomic mass is 16.4. The summed E-state index contributed by atoms with van der Waals surface area (Å²) in [6.45, 7) is 20.0. The highest BCUT2D eigenvalue weighted by Gasteiger charge is 2.48. The van der Waals surface area contributed by atoms with Crippen molar-refractivity contribution in [1.82, 2.24) is 67.9 Å². The Kier molecular flexibility index (Phi) is 30.5. The van der Waals surface area contributed by atoms with Gasteiger partial charge in [0.1, 0.15) is 78.2 Å². The minimum absolute atomic E-state index is 0.0159. The lowest BCUT2D eigenvalue weighted by Crippen LogP contribution is -2.61. The fourth-order valence-corrected chi connectivity index (χ4v) is 12.5. The summed E-state index contributed by atoms with van der Waals surface area (Å²) < 4.78 is 0. The first-order valence-electron chi connectivity index (χ1n) is 34.7. The van der Waals surface area contributed by atoms with Gasteiger partial charge in [0.25, 0.3) is 5.91 Å². The Bertz CT molecular complexity index is 3080. The van der Waals surface area contributed by atoms with Crippen LogP contribution >= 0.6 is 0 Å². The number of aliphatic hydroxyl groups excluding tert-OH is 1. The lowest BCUT2D eigenvalue weighted by Gasteiger charge is -2.34. The van der Waals surface area contributed by atoms with E-state index in [4.69, 9.17) is 5.73 Å². The van der Waals surface area contributed by atoms with Crippen LogP contribution in [-0.2, 0) is 73.5 Å². The van der Waals surface area contributed by atoms with Gasteiger partial charge in [0.2, 0.25) is 70.9 Å². The van der Waals surface area contributed by atoms with Gasteiger partial charge in [0.15, 0.2) is 0 Å². The van der Waals surface area contributed by atoms with Crippen LogP contribution < -0.4 is 58.9 Å². The molecule has 544 valence electrons. The number of rotatable bonds is 25. The molecule has 0 bridgehead atoms. The summed E-state index contributed by atoms with van der Waals surface area (Å²) in [6.07, 6.45) is 1.19. The molecular weight excluding hydrogens is 1270 g/mol. The van der Waals surface area contributed by atoms with Crippen LogP contribution in [0.1, 0.15) is 166 Å². The molecule has 1 aromatic rings. The van der Waals surface area contributed by atoms with Gasteiger partial charge in [-0.3, -0.25) is 62.3 Å². The summed E-state index contributed by atoms with van der Waals surface area (Å²) in [7, 11) is 0. The maximum atomic E-state index is 15.4. The van der Waals surface area contributed by atoms with Crippen LogP contribution in [-0.4, -0.2) is 206 Å². The van der Waals surface area contributed by atoms with Gasteiger partial charge in [-0.15, -0.1) is 0 Å². The van der Waals surface area contributed by atoms with Crippen LogP contribution in [0.3, 0.4) is 0 Å². The lowest BCUT2D eigenvalue weighted by molar-refractivity contribution is -0.148. The zero-order chi connectivity index (χ0) is 73.0. The first kappa shape index (κ1) is 80.0. The number of aliphatic carboxylic acids is 1. The van der Waals surface area contributed by atoms with E-state index in [2.05, 4.69) is 53.2 Å². The molecule has 0 spiro atoms. The molecule has 3 saturated heterocycles. The predicted molar refractivity (Wildman–Crippen MR) is 359 cm³/mol. The summed E-state index contributed by atoms with van der Waals surface area (Å²) in [5.74, 6) is -14.7. The molecule has 1 aromatic carbocycles. The summed E-state index contributed by atoms with van der Waals surface area (Å²) in [6, 6.07) is -7.11. The predicted octanol–water partition coefficient (Wildman–Crippen LogP) is -0.399. The maximum absolute atomic E-state index is 15.4. The number of carboxylic acids is 1. The minimum Gasteiger partial charge on any atom is -0.480 e. The van der Waals surface area contributed by atoms with E-state index in [0.717, 1.165) is 11.1 Å². The fraction of sp³-hybridized carbons (Fsp3) is 0.676. The average molecular weight is 1380 g/mol. The smallest absolute Gasteiger partial charge is 0.326 e. The van der Waals surface area contributed by atoms with E-state index < -0.39 is 197 Å². The minimum atomic E-state index is -1.69. The topological polar surface area (TPSA) is 435 Å². The third-order valence-electron chi connectivity index (χ3n) is 19.3. The Morgan fingerprint density at radius 1 is 0.612 bits per heavy atom. The number of amides is 13. The molecule has 4 aliphatic rings.